The van der Waals surface area contributed by atoms with Gasteiger partial charge in [-0.3, -0.25) is 0 Å². The highest BCUT2D eigenvalue weighted by atomic mass is 79.9. The molecule has 0 aromatic heterocycles. The lowest BCUT2D eigenvalue weighted by atomic mass is 9.87. The third-order valence-corrected chi connectivity index (χ3v) is 3.88. The average Bonchev–Trinajstić information content (AvgIpc) is 2.15. The van der Waals surface area contributed by atoms with Crippen molar-refractivity contribution in [2.45, 2.75) is 26.2 Å². The maximum absolute atomic E-state index is 3.47. The molecule has 0 spiro atoms. The van der Waals surface area contributed by atoms with E-state index >= 15 is 0 Å². The van der Waals surface area contributed by atoms with Crippen molar-refractivity contribution in [1.82, 2.24) is 0 Å². The number of benzene rings is 1. The Labute approximate surface area is 103 Å². The number of hydrogen-bond acceptors (Lipinski definition) is 0. The van der Waals surface area contributed by atoms with Crippen molar-refractivity contribution < 1.29 is 0 Å². The van der Waals surface area contributed by atoms with Crippen LogP contribution < -0.4 is 0 Å². The molecular formula is C12H14Br2. The summed E-state index contributed by atoms with van der Waals surface area (Å²) in [6.07, 6.45) is 0. The quantitative estimate of drug-likeness (QED) is 0.678. The zero-order valence-electron chi connectivity index (χ0n) is 8.64. The first-order valence-corrected chi connectivity index (χ1v) is 6.23. The summed E-state index contributed by atoms with van der Waals surface area (Å²) >= 11 is 6.77. The molecule has 2 heteroatoms. The van der Waals surface area contributed by atoms with Gasteiger partial charge in [0.25, 0.3) is 0 Å². The molecule has 0 aliphatic heterocycles. The van der Waals surface area contributed by atoms with E-state index in [9.17, 15) is 0 Å². The van der Waals surface area contributed by atoms with E-state index in [0.29, 0.717) is 0 Å². The van der Waals surface area contributed by atoms with Crippen LogP contribution in [0.1, 0.15) is 31.9 Å². The van der Waals surface area contributed by atoms with E-state index in [1.165, 1.54) is 11.1 Å². The summed E-state index contributed by atoms with van der Waals surface area (Å²) in [6.45, 7) is 6.66. The lowest BCUT2D eigenvalue weighted by molar-refractivity contribution is 0.590. The highest BCUT2D eigenvalue weighted by molar-refractivity contribution is 9.16. The molecule has 0 unspecified atom stereocenters. The van der Waals surface area contributed by atoms with Crippen molar-refractivity contribution in [2.75, 3.05) is 0 Å². The molecule has 0 heterocycles. The molecule has 0 nitrogen and oxygen atoms in total. The summed E-state index contributed by atoms with van der Waals surface area (Å²) in [5.41, 5.74) is 2.77. The fraction of sp³-hybridized carbons (Fsp3) is 0.333. The van der Waals surface area contributed by atoms with E-state index in [0.717, 1.165) is 4.48 Å². The average molecular weight is 318 g/mol. The topological polar surface area (TPSA) is 0 Å². The number of hydrogen-bond donors (Lipinski definition) is 0. The van der Waals surface area contributed by atoms with Gasteiger partial charge in [0.05, 0.1) is 0 Å². The molecule has 76 valence electrons. The molecule has 14 heavy (non-hydrogen) atoms. The molecule has 0 radical (unpaired) electrons. The fourth-order valence-corrected chi connectivity index (χ4v) is 1.72. The molecule has 0 saturated heterocycles. The Morgan fingerprint density at radius 3 is 2.00 bits per heavy atom. The van der Waals surface area contributed by atoms with Gasteiger partial charge in [0.2, 0.25) is 0 Å². The minimum atomic E-state index is 0.225. The first-order valence-electron chi connectivity index (χ1n) is 4.52. The van der Waals surface area contributed by atoms with Crippen LogP contribution in [-0.2, 0) is 5.41 Å². The van der Waals surface area contributed by atoms with Crippen LogP contribution in [0, 0.1) is 0 Å². The lowest BCUT2D eigenvalue weighted by Gasteiger charge is -2.19. The van der Waals surface area contributed by atoms with E-state index in [4.69, 9.17) is 0 Å². The third-order valence-electron chi connectivity index (χ3n) is 2.12. The SMILES string of the molecule is CC(C)(C)c1ccc(/C(Br)=C\Br)cc1. The molecule has 1 aromatic rings. The Morgan fingerprint density at radius 1 is 1.14 bits per heavy atom. The normalized spacial score (nSPS) is 13.1. The van der Waals surface area contributed by atoms with Crippen molar-refractivity contribution >= 4 is 36.3 Å². The van der Waals surface area contributed by atoms with Crippen LogP contribution in [0.3, 0.4) is 0 Å². The van der Waals surface area contributed by atoms with Crippen molar-refractivity contribution in [2.24, 2.45) is 0 Å². The minimum absolute atomic E-state index is 0.225. The first kappa shape index (κ1) is 12.0. The Morgan fingerprint density at radius 2 is 1.64 bits per heavy atom. The smallest absolute Gasteiger partial charge is 0.0316 e. The molecule has 0 aliphatic carbocycles. The molecule has 0 atom stereocenters. The van der Waals surface area contributed by atoms with Crippen molar-refractivity contribution in [3.05, 3.63) is 40.4 Å². The van der Waals surface area contributed by atoms with Crippen LogP contribution >= 0.6 is 31.9 Å². The molecular weight excluding hydrogens is 304 g/mol. The third kappa shape index (κ3) is 2.96. The fourth-order valence-electron chi connectivity index (χ4n) is 1.19. The summed E-state index contributed by atoms with van der Waals surface area (Å²) < 4.78 is 1.07. The van der Waals surface area contributed by atoms with Crippen LogP contribution in [0.25, 0.3) is 4.48 Å². The monoisotopic (exact) mass is 316 g/mol. The van der Waals surface area contributed by atoms with Gasteiger partial charge in [-0.05, 0) is 37.5 Å². The van der Waals surface area contributed by atoms with Gasteiger partial charge in [0.1, 0.15) is 0 Å². The zero-order valence-corrected chi connectivity index (χ0v) is 11.8. The molecule has 0 N–H and O–H groups in total. The Kier molecular flexibility index (Phi) is 3.96. The summed E-state index contributed by atoms with van der Waals surface area (Å²) in [5, 5.41) is 0. The molecule has 0 aliphatic rings. The summed E-state index contributed by atoms with van der Waals surface area (Å²) in [6, 6.07) is 8.60. The van der Waals surface area contributed by atoms with E-state index in [1.807, 2.05) is 4.99 Å². The van der Waals surface area contributed by atoms with Gasteiger partial charge in [-0.2, -0.15) is 0 Å². The van der Waals surface area contributed by atoms with Gasteiger partial charge in [0.15, 0.2) is 0 Å². The molecule has 1 rings (SSSR count). The standard InChI is InChI=1S/C12H14Br2/c1-12(2,3)10-6-4-9(5-7-10)11(14)8-13/h4-8H,1-3H3/b11-8+. The van der Waals surface area contributed by atoms with E-state index in [1.54, 1.807) is 0 Å². The first-order chi connectivity index (χ1) is 6.45. The second-order valence-corrected chi connectivity index (χ2v) is 5.60. The Balaban J connectivity index is 3.01. The molecule has 0 fully saturated rings. The highest BCUT2D eigenvalue weighted by Gasteiger charge is 2.12. The van der Waals surface area contributed by atoms with E-state index in [-0.39, 0.29) is 5.41 Å². The van der Waals surface area contributed by atoms with Crippen LogP contribution in [0.2, 0.25) is 0 Å². The largest absolute Gasteiger partial charge is 0.0582 e. The van der Waals surface area contributed by atoms with E-state index < -0.39 is 0 Å². The predicted octanol–water partition coefficient (Wildman–Crippen LogP) is 5.07. The van der Waals surface area contributed by atoms with Crippen LogP contribution in [0.4, 0.5) is 0 Å². The Hall–Kier alpha value is -0.0800. The Bertz CT molecular complexity index is 328. The maximum atomic E-state index is 3.47. The van der Waals surface area contributed by atoms with Gasteiger partial charge in [-0.25, -0.2) is 0 Å². The number of halogens is 2. The summed E-state index contributed by atoms with van der Waals surface area (Å²) in [5.74, 6) is 0. The van der Waals surface area contributed by atoms with Crippen LogP contribution in [0.15, 0.2) is 29.3 Å². The molecule has 1 aromatic carbocycles. The second kappa shape index (κ2) is 4.63. The van der Waals surface area contributed by atoms with Crippen LogP contribution in [-0.4, -0.2) is 0 Å². The van der Waals surface area contributed by atoms with Gasteiger partial charge >= 0.3 is 0 Å². The zero-order chi connectivity index (χ0) is 10.8. The van der Waals surface area contributed by atoms with Gasteiger partial charge < -0.3 is 0 Å². The maximum Gasteiger partial charge on any atom is 0.0316 e. The highest BCUT2D eigenvalue weighted by Crippen LogP contribution is 2.26. The lowest BCUT2D eigenvalue weighted by Crippen LogP contribution is -2.10. The minimum Gasteiger partial charge on any atom is -0.0582 e. The summed E-state index contributed by atoms with van der Waals surface area (Å²) in [4.78, 5) is 1.87. The van der Waals surface area contributed by atoms with Crippen LogP contribution in [0.5, 0.6) is 0 Å². The summed E-state index contributed by atoms with van der Waals surface area (Å²) in [7, 11) is 0. The van der Waals surface area contributed by atoms with Gasteiger partial charge in [0, 0.05) is 4.48 Å². The molecule has 0 bridgehead atoms. The van der Waals surface area contributed by atoms with Gasteiger partial charge in [-0.1, -0.05) is 61.0 Å². The van der Waals surface area contributed by atoms with E-state index in [2.05, 4.69) is 76.9 Å². The second-order valence-electron chi connectivity index (χ2n) is 4.28. The number of rotatable bonds is 1. The molecule has 0 amide bonds. The van der Waals surface area contributed by atoms with Crippen molar-refractivity contribution in [3.63, 3.8) is 0 Å². The van der Waals surface area contributed by atoms with Crippen molar-refractivity contribution in [1.29, 1.82) is 0 Å². The van der Waals surface area contributed by atoms with Crippen molar-refractivity contribution in [3.8, 4) is 0 Å². The van der Waals surface area contributed by atoms with Gasteiger partial charge in [-0.15, -0.1) is 0 Å². The predicted molar refractivity (Wildman–Crippen MR) is 71.0 cm³/mol. The molecule has 0 saturated carbocycles.